The maximum absolute atomic E-state index is 9.66. The summed E-state index contributed by atoms with van der Waals surface area (Å²) in [7, 11) is 0. The molecule has 0 atom stereocenters. The summed E-state index contributed by atoms with van der Waals surface area (Å²) in [4.78, 5) is 6.67. The van der Waals surface area contributed by atoms with Crippen LogP contribution >= 0.6 is 11.5 Å². The van der Waals surface area contributed by atoms with Crippen molar-refractivity contribution in [2.75, 3.05) is 18.0 Å². The number of hydrogen-bond donors (Lipinski definition) is 0. The van der Waals surface area contributed by atoms with Crippen LogP contribution in [-0.4, -0.2) is 22.4 Å². The Kier molecular flexibility index (Phi) is 3.41. The Morgan fingerprint density at radius 3 is 2.50 bits per heavy atom. The Morgan fingerprint density at radius 1 is 1.25 bits per heavy atom. The molecule has 20 heavy (non-hydrogen) atoms. The maximum Gasteiger partial charge on any atom is 0.205 e. The second kappa shape index (κ2) is 5.22. The first-order valence-corrected chi connectivity index (χ1v) is 7.53. The van der Waals surface area contributed by atoms with Gasteiger partial charge in [0.2, 0.25) is 5.13 Å². The van der Waals surface area contributed by atoms with Crippen LogP contribution in [0.1, 0.15) is 24.2 Å². The lowest BCUT2D eigenvalue weighted by Gasteiger charge is -2.37. The number of piperidine rings is 1. The molecule has 1 aliphatic heterocycles. The number of benzene rings is 1. The molecule has 0 aliphatic carbocycles. The van der Waals surface area contributed by atoms with E-state index in [0.29, 0.717) is 0 Å². The van der Waals surface area contributed by atoms with E-state index >= 15 is 0 Å². The smallest absolute Gasteiger partial charge is 0.205 e. The largest absolute Gasteiger partial charge is 0.347 e. The lowest BCUT2D eigenvalue weighted by molar-refractivity contribution is 0.415. The van der Waals surface area contributed by atoms with Gasteiger partial charge < -0.3 is 4.90 Å². The number of rotatable bonds is 2. The summed E-state index contributed by atoms with van der Waals surface area (Å²) in [6.07, 6.45) is 1.68. The topological polar surface area (TPSA) is 52.8 Å². The first-order chi connectivity index (χ1) is 9.73. The predicted octanol–water partition coefficient (Wildman–Crippen LogP) is 2.91. The maximum atomic E-state index is 9.66. The third-order valence-corrected chi connectivity index (χ3v) is 4.81. The quantitative estimate of drug-likeness (QED) is 0.851. The predicted molar refractivity (Wildman–Crippen MR) is 79.8 cm³/mol. The van der Waals surface area contributed by atoms with E-state index in [9.17, 15) is 5.26 Å². The van der Waals surface area contributed by atoms with Crippen molar-refractivity contribution in [1.82, 2.24) is 9.36 Å². The minimum Gasteiger partial charge on any atom is -0.347 e. The van der Waals surface area contributed by atoms with Crippen molar-refractivity contribution >= 4 is 16.7 Å². The first-order valence-electron chi connectivity index (χ1n) is 6.75. The second-order valence-electron chi connectivity index (χ2n) is 5.17. The highest BCUT2D eigenvalue weighted by Crippen LogP contribution is 2.36. The van der Waals surface area contributed by atoms with Gasteiger partial charge in [0.15, 0.2) is 0 Å². The molecule has 1 aromatic carbocycles. The third-order valence-electron chi connectivity index (χ3n) is 3.94. The number of aryl methyl sites for hydroxylation is 1. The van der Waals surface area contributed by atoms with Crippen LogP contribution < -0.4 is 4.90 Å². The Bertz CT molecular complexity index is 621. The molecule has 0 amide bonds. The minimum absolute atomic E-state index is 0.350. The van der Waals surface area contributed by atoms with Crippen LogP contribution in [0.5, 0.6) is 0 Å². The van der Waals surface area contributed by atoms with E-state index in [0.717, 1.165) is 42.5 Å². The van der Waals surface area contributed by atoms with Gasteiger partial charge >= 0.3 is 0 Å². The number of hydrogen-bond acceptors (Lipinski definition) is 5. The van der Waals surface area contributed by atoms with Gasteiger partial charge in [0.1, 0.15) is 5.82 Å². The standard InChI is InChI=1S/C15H16N4S/c1-12-17-14(20-18-12)19-9-7-15(11-16,8-10-19)13-5-3-2-4-6-13/h2-6H,7-10H2,1H3. The van der Waals surface area contributed by atoms with Crippen LogP contribution in [0.25, 0.3) is 0 Å². The Labute approximate surface area is 122 Å². The van der Waals surface area contributed by atoms with Crippen LogP contribution in [0.3, 0.4) is 0 Å². The molecular weight excluding hydrogens is 268 g/mol. The van der Waals surface area contributed by atoms with E-state index in [-0.39, 0.29) is 5.41 Å². The summed E-state index contributed by atoms with van der Waals surface area (Å²) in [5.41, 5.74) is 0.785. The molecule has 0 unspecified atom stereocenters. The molecule has 2 aromatic rings. The minimum atomic E-state index is -0.350. The zero-order chi connectivity index (χ0) is 14.0. The lowest BCUT2D eigenvalue weighted by Crippen LogP contribution is -2.42. The van der Waals surface area contributed by atoms with E-state index in [1.54, 1.807) is 0 Å². The summed E-state index contributed by atoms with van der Waals surface area (Å²) in [5.74, 6) is 0.824. The molecule has 0 bridgehead atoms. The van der Waals surface area contributed by atoms with Crippen molar-refractivity contribution in [2.24, 2.45) is 0 Å². The van der Waals surface area contributed by atoms with Crippen molar-refractivity contribution in [3.05, 3.63) is 41.7 Å². The van der Waals surface area contributed by atoms with Gasteiger partial charge in [-0.05, 0) is 25.3 Å². The molecule has 3 rings (SSSR count). The van der Waals surface area contributed by atoms with Crippen LogP contribution in [0, 0.1) is 18.3 Å². The average Bonchev–Trinajstić information content (AvgIpc) is 2.95. The zero-order valence-electron chi connectivity index (χ0n) is 11.4. The summed E-state index contributed by atoms with van der Waals surface area (Å²) in [6.45, 7) is 3.63. The molecule has 0 saturated carbocycles. The summed E-state index contributed by atoms with van der Waals surface area (Å²) >= 11 is 1.44. The van der Waals surface area contributed by atoms with Gasteiger partial charge in [-0.2, -0.15) is 9.64 Å². The van der Waals surface area contributed by atoms with Crippen LogP contribution in [0.15, 0.2) is 30.3 Å². The van der Waals surface area contributed by atoms with Crippen molar-refractivity contribution < 1.29 is 0 Å². The molecule has 0 radical (unpaired) electrons. The Balaban J connectivity index is 1.78. The van der Waals surface area contributed by atoms with Gasteiger partial charge in [0, 0.05) is 24.6 Å². The highest BCUT2D eigenvalue weighted by Gasteiger charge is 2.37. The number of nitrogens with zero attached hydrogens (tertiary/aromatic N) is 4. The summed E-state index contributed by atoms with van der Waals surface area (Å²) in [6, 6.07) is 12.7. The monoisotopic (exact) mass is 284 g/mol. The molecule has 1 aromatic heterocycles. The normalized spacial score (nSPS) is 17.7. The highest BCUT2D eigenvalue weighted by molar-refractivity contribution is 7.09. The van der Waals surface area contributed by atoms with Crippen LogP contribution in [0.4, 0.5) is 5.13 Å². The summed E-state index contributed by atoms with van der Waals surface area (Å²) < 4.78 is 4.23. The SMILES string of the molecule is Cc1nsc(N2CCC(C#N)(c3ccccc3)CC2)n1. The fourth-order valence-corrected chi connectivity index (χ4v) is 3.44. The number of nitriles is 1. The molecule has 1 saturated heterocycles. The average molecular weight is 284 g/mol. The van der Waals surface area contributed by atoms with E-state index in [4.69, 9.17) is 0 Å². The van der Waals surface area contributed by atoms with Gasteiger partial charge in [0.25, 0.3) is 0 Å². The van der Waals surface area contributed by atoms with Crippen molar-refractivity contribution in [3.63, 3.8) is 0 Å². The molecule has 0 N–H and O–H groups in total. The summed E-state index contributed by atoms with van der Waals surface area (Å²) in [5, 5.41) is 10.6. The number of aromatic nitrogens is 2. The third kappa shape index (κ3) is 2.27. The van der Waals surface area contributed by atoms with Crippen molar-refractivity contribution in [2.45, 2.75) is 25.2 Å². The van der Waals surface area contributed by atoms with Crippen molar-refractivity contribution in [1.29, 1.82) is 5.26 Å². The molecule has 0 spiro atoms. The lowest BCUT2D eigenvalue weighted by atomic mass is 9.74. The van der Waals surface area contributed by atoms with Gasteiger partial charge in [-0.3, -0.25) is 0 Å². The van der Waals surface area contributed by atoms with E-state index in [1.807, 2.05) is 25.1 Å². The second-order valence-corrected chi connectivity index (χ2v) is 5.90. The van der Waals surface area contributed by atoms with E-state index < -0.39 is 0 Å². The van der Waals surface area contributed by atoms with E-state index in [2.05, 4.69) is 32.5 Å². The fraction of sp³-hybridized carbons (Fsp3) is 0.400. The molecule has 1 aliphatic rings. The molecule has 5 heteroatoms. The first kappa shape index (κ1) is 13.1. The zero-order valence-corrected chi connectivity index (χ0v) is 12.2. The van der Waals surface area contributed by atoms with Crippen molar-refractivity contribution in [3.8, 4) is 6.07 Å². The van der Waals surface area contributed by atoms with Gasteiger partial charge in [-0.15, -0.1) is 0 Å². The van der Waals surface area contributed by atoms with Gasteiger partial charge in [-0.25, -0.2) is 4.98 Å². The van der Waals surface area contributed by atoms with Gasteiger partial charge in [0.05, 0.1) is 11.5 Å². The fourth-order valence-electron chi connectivity index (χ4n) is 2.72. The van der Waals surface area contributed by atoms with Crippen LogP contribution in [0.2, 0.25) is 0 Å². The molecular formula is C15H16N4S. The number of anilines is 1. The molecule has 102 valence electrons. The Hall–Kier alpha value is -1.93. The van der Waals surface area contributed by atoms with Crippen LogP contribution in [-0.2, 0) is 5.41 Å². The highest BCUT2D eigenvalue weighted by atomic mass is 32.1. The van der Waals surface area contributed by atoms with E-state index in [1.165, 1.54) is 11.5 Å². The van der Waals surface area contributed by atoms with Gasteiger partial charge in [-0.1, -0.05) is 30.3 Å². The molecule has 4 nitrogen and oxygen atoms in total. The molecule has 2 heterocycles. The Morgan fingerprint density at radius 2 is 1.95 bits per heavy atom. The molecule has 1 fully saturated rings.